The van der Waals surface area contributed by atoms with Crippen molar-refractivity contribution in [2.45, 2.75) is 6.10 Å². The number of rotatable bonds is 4. The molecular formula is C14H13ClFN3O2. The van der Waals surface area contributed by atoms with Gasteiger partial charge in [0.05, 0.1) is 23.0 Å². The quantitative estimate of drug-likeness (QED) is 0.813. The Bertz CT molecular complexity index is 625. The molecule has 110 valence electrons. The fraction of sp³-hybridized carbons (Fsp3) is 0.143. The van der Waals surface area contributed by atoms with Crippen LogP contribution < -0.4 is 10.6 Å². The van der Waals surface area contributed by atoms with Gasteiger partial charge in [-0.25, -0.2) is 9.18 Å². The Morgan fingerprint density at radius 2 is 2.24 bits per heavy atom. The molecule has 0 bridgehead atoms. The molecule has 1 heterocycles. The summed E-state index contributed by atoms with van der Waals surface area (Å²) in [7, 11) is 0. The molecule has 0 radical (unpaired) electrons. The lowest BCUT2D eigenvalue weighted by Gasteiger charge is -2.13. The number of halogens is 2. The highest BCUT2D eigenvalue weighted by molar-refractivity contribution is 6.30. The van der Waals surface area contributed by atoms with E-state index < -0.39 is 18.0 Å². The zero-order chi connectivity index (χ0) is 15.2. The number of amides is 2. The highest BCUT2D eigenvalue weighted by Gasteiger charge is 2.11. The standard InChI is InChI=1S/C14H13ClFN3O2/c15-11-4-3-9(6-12(11)16)13(20)8-18-14(21)19-10-2-1-5-17-7-10/h1-7,13,20H,8H2,(H2,18,19,21). The van der Waals surface area contributed by atoms with Crippen LogP contribution in [0.3, 0.4) is 0 Å². The third-order valence-electron chi connectivity index (χ3n) is 2.70. The van der Waals surface area contributed by atoms with Crippen molar-refractivity contribution in [3.63, 3.8) is 0 Å². The maximum absolute atomic E-state index is 13.3. The Morgan fingerprint density at radius 3 is 2.90 bits per heavy atom. The Morgan fingerprint density at radius 1 is 1.43 bits per heavy atom. The largest absolute Gasteiger partial charge is 0.387 e. The van der Waals surface area contributed by atoms with Crippen LogP contribution in [-0.4, -0.2) is 22.7 Å². The average Bonchev–Trinajstić information content (AvgIpc) is 2.48. The van der Waals surface area contributed by atoms with Gasteiger partial charge in [-0.15, -0.1) is 0 Å². The van der Waals surface area contributed by atoms with Crippen LogP contribution >= 0.6 is 11.6 Å². The molecule has 0 saturated heterocycles. The first-order valence-corrected chi connectivity index (χ1v) is 6.52. The van der Waals surface area contributed by atoms with Gasteiger partial charge >= 0.3 is 6.03 Å². The van der Waals surface area contributed by atoms with E-state index in [9.17, 15) is 14.3 Å². The molecular weight excluding hydrogens is 297 g/mol. The molecule has 1 aromatic carbocycles. The van der Waals surface area contributed by atoms with Crippen LogP contribution in [0, 0.1) is 5.82 Å². The van der Waals surface area contributed by atoms with Crippen molar-refractivity contribution in [2.75, 3.05) is 11.9 Å². The predicted octanol–water partition coefficient (Wildman–Crippen LogP) is 2.73. The molecule has 1 aromatic heterocycles. The van der Waals surface area contributed by atoms with Crippen LogP contribution in [0.1, 0.15) is 11.7 Å². The molecule has 0 aliphatic carbocycles. The van der Waals surface area contributed by atoms with Crippen molar-refractivity contribution in [3.8, 4) is 0 Å². The van der Waals surface area contributed by atoms with Gasteiger partial charge in [0.1, 0.15) is 5.82 Å². The molecule has 0 saturated carbocycles. The maximum Gasteiger partial charge on any atom is 0.319 e. The van der Waals surface area contributed by atoms with Crippen molar-refractivity contribution in [1.29, 1.82) is 0 Å². The molecule has 5 nitrogen and oxygen atoms in total. The van der Waals surface area contributed by atoms with Crippen LogP contribution in [0.4, 0.5) is 14.9 Å². The lowest BCUT2D eigenvalue weighted by molar-refractivity contribution is 0.174. The van der Waals surface area contributed by atoms with Gasteiger partial charge in [0, 0.05) is 12.7 Å². The Balaban J connectivity index is 1.87. The molecule has 2 amide bonds. The van der Waals surface area contributed by atoms with E-state index >= 15 is 0 Å². The average molecular weight is 310 g/mol. The third kappa shape index (κ3) is 4.40. The van der Waals surface area contributed by atoms with Gasteiger partial charge in [0.2, 0.25) is 0 Å². The maximum atomic E-state index is 13.3. The molecule has 0 aliphatic rings. The number of aliphatic hydroxyl groups is 1. The molecule has 1 atom stereocenters. The van der Waals surface area contributed by atoms with E-state index in [1.165, 1.54) is 18.3 Å². The lowest BCUT2D eigenvalue weighted by atomic mass is 10.1. The number of nitrogens with zero attached hydrogens (tertiary/aromatic N) is 1. The summed E-state index contributed by atoms with van der Waals surface area (Å²) in [4.78, 5) is 15.5. The molecule has 2 rings (SSSR count). The number of pyridine rings is 1. The highest BCUT2D eigenvalue weighted by atomic mass is 35.5. The molecule has 0 spiro atoms. The van der Waals surface area contributed by atoms with Crippen molar-refractivity contribution in [2.24, 2.45) is 0 Å². The number of anilines is 1. The normalized spacial score (nSPS) is 11.8. The summed E-state index contributed by atoms with van der Waals surface area (Å²) in [6, 6.07) is 6.85. The molecule has 7 heteroatoms. The zero-order valence-electron chi connectivity index (χ0n) is 10.9. The smallest absolute Gasteiger partial charge is 0.319 e. The predicted molar refractivity (Wildman–Crippen MR) is 77.6 cm³/mol. The number of carbonyl (C=O) groups is 1. The summed E-state index contributed by atoms with van der Waals surface area (Å²) in [5, 5.41) is 14.9. The minimum absolute atomic E-state index is 0.0202. The number of nitrogens with one attached hydrogen (secondary N) is 2. The molecule has 0 fully saturated rings. The summed E-state index contributed by atoms with van der Waals surface area (Å²) < 4.78 is 13.3. The van der Waals surface area contributed by atoms with Gasteiger partial charge in [-0.1, -0.05) is 17.7 Å². The number of benzene rings is 1. The number of urea groups is 1. The van der Waals surface area contributed by atoms with Crippen molar-refractivity contribution in [3.05, 3.63) is 59.1 Å². The van der Waals surface area contributed by atoms with E-state index in [1.54, 1.807) is 18.3 Å². The molecule has 2 aromatic rings. The molecule has 1 unspecified atom stereocenters. The minimum atomic E-state index is -1.03. The zero-order valence-corrected chi connectivity index (χ0v) is 11.6. The van der Waals surface area contributed by atoms with Crippen molar-refractivity contribution in [1.82, 2.24) is 10.3 Å². The number of hydrogen-bond donors (Lipinski definition) is 3. The van der Waals surface area contributed by atoms with Crippen molar-refractivity contribution < 1.29 is 14.3 Å². The van der Waals surface area contributed by atoms with Crippen LogP contribution in [0.15, 0.2) is 42.7 Å². The van der Waals surface area contributed by atoms with E-state index in [0.29, 0.717) is 11.3 Å². The van der Waals surface area contributed by atoms with Crippen molar-refractivity contribution >= 4 is 23.3 Å². The van der Waals surface area contributed by atoms with E-state index in [2.05, 4.69) is 15.6 Å². The Hall–Kier alpha value is -2.18. The number of aromatic nitrogens is 1. The monoisotopic (exact) mass is 309 g/mol. The van der Waals surface area contributed by atoms with E-state index in [4.69, 9.17) is 11.6 Å². The summed E-state index contributed by atoms with van der Waals surface area (Å²) in [6.07, 6.45) is 2.04. The Kier molecular flexibility index (Phi) is 5.08. The number of aliphatic hydroxyl groups excluding tert-OH is 1. The lowest BCUT2D eigenvalue weighted by Crippen LogP contribution is -2.32. The van der Waals surface area contributed by atoms with Crippen LogP contribution in [0.2, 0.25) is 5.02 Å². The third-order valence-corrected chi connectivity index (χ3v) is 3.01. The van der Waals surface area contributed by atoms with Gasteiger partial charge in [0.15, 0.2) is 0 Å². The van der Waals surface area contributed by atoms with Gasteiger partial charge in [-0.3, -0.25) is 4.98 Å². The topological polar surface area (TPSA) is 74.2 Å². The second-order valence-corrected chi connectivity index (χ2v) is 4.67. The summed E-state index contributed by atoms with van der Waals surface area (Å²) >= 11 is 5.56. The fourth-order valence-corrected chi connectivity index (χ4v) is 1.76. The first-order valence-electron chi connectivity index (χ1n) is 6.14. The number of carbonyl (C=O) groups excluding carboxylic acids is 1. The van der Waals surface area contributed by atoms with E-state index in [1.807, 2.05) is 0 Å². The number of hydrogen-bond acceptors (Lipinski definition) is 3. The summed E-state index contributed by atoms with van der Waals surface area (Å²) in [6.45, 7) is -0.0623. The Labute approximate surface area is 125 Å². The summed E-state index contributed by atoms with van der Waals surface area (Å²) in [5.41, 5.74) is 0.862. The second-order valence-electron chi connectivity index (χ2n) is 4.27. The molecule has 3 N–H and O–H groups in total. The van der Waals surface area contributed by atoms with Gasteiger partial charge in [-0.05, 0) is 29.8 Å². The van der Waals surface area contributed by atoms with Crippen LogP contribution in [-0.2, 0) is 0 Å². The van der Waals surface area contributed by atoms with Gasteiger partial charge in [-0.2, -0.15) is 0 Å². The molecule has 21 heavy (non-hydrogen) atoms. The highest BCUT2D eigenvalue weighted by Crippen LogP contribution is 2.19. The van der Waals surface area contributed by atoms with Gasteiger partial charge in [0.25, 0.3) is 0 Å². The minimum Gasteiger partial charge on any atom is -0.387 e. The SMILES string of the molecule is O=C(NCC(O)c1ccc(Cl)c(F)c1)Nc1cccnc1. The van der Waals surface area contributed by atoms with Crippen LogP contribution in [0.25, 0.3) is 0 Å². The first kappa shape index (κ1) is 15.2. The van der Waals surface area contributed by atoms with Crippen LogP contribution in [0.5, 0.6) is 0 Å². The van der Waals surface area contributed by atoms with Gasteiger partial charge < -0.3 is 15.7 Å². The molecule has 0 aliphatic heterocycles. The second kappa shape index (κ2) is 7.01. The summed E-state index contributed by atoms with van der Waals surface area (Å²) in [5.74, 6) is -0.618. The first-order chi connectivity index (χ1) is 10.1. The van der Waals surface area contributed by atoms with E-state index in [0.717, 1.165) is 6.07 Å². The fourth-order valence-electron chi connectivity index (χ4n) is 1.64. The van der Waals surface area contributed by atoms with E-state index in [-0.39, 0.29) is 11.6 Å².